The van der Waals surface area contributed by atoms with Crippen molar-refractivity contribution in [3.63, 3.8) is 0 Å². The summed E-state index contributed by atoms with van der Waals surface area (Å²) in [5.41, 5.74) is 0. The van der Waals surface area contributed by atoms with Crippen LogP contribution < -0.4 is 0 Å². The van der Waals surface area contributed by atoms with Gasteiger partial charge in [-0.3, -0.25) is 9.59 Å². The predicted molar refractivity (Wildman–Crippen MR) is 82.0 cm³/mol. The molecule has 2 bridgehead atoms. The van der Waals surface area contributed by atoms with Crippen LogP contribution in [0.1, 0.15) is 58.3 Å². The smallest absolute Gasteiger partial charge is 0.312 e. The van der Waals surface area contributed by atoms with Crippen molar-refractivity contribution < 1.29 is 19.1 Å². The van der Waals surface area contributed by atoms with Crippen LogP contribution >= 0.6 is 0 Å². The van der Waals surface area contributed by atoms with E-state index in [1.54, 1.807) is 6.92 Å². The molecule has 22 heavy (non-hydrogen) atoms. The first-order valence-corrected chi connectivity index (χ1v) is 8.73. The van der Waals surface area contributed by atoms with Crippen LogP contribution in [-0.4, -0.2) is 24.1 Å². The predicted octanol–water partition coefficient (Wildman–Crippen LogP) is 3.40. The third-order valence-electron chi connectivity index (χ3n) is 5.21. The summed E-state index contributed by atoms with van der Waals surface area (Å²) >= 11 is 0. The van der Waals surface area contributed by atoms with Gasteiger partial charge in [0.1, 0.15) is 5.78 Å². The van der Waals surface area contributed by atoms with Crippen molar-refractivity contribution in [3.8, 4) is 0 Å². The van der Waals surface area contributed by atoms with Gasteiger partial charge in [0.25, 0.3) is 0 Å². The highest BCUT2D eigenvalue weighted by Gasteiger charge is 2.47. The van der Waals surface area contributed by atoms with Crippen molar-refractivity contribution in [3.05, 3.63) is 12.2 Å². The van der Waals surface area contributed by atoms with E-state index >= 15 is 0 Å². The number of carbonyl (C=O) groups is 2. The van der Waals surface area contributed by atoms with Crippen LogP contribution in [0.2, 0.25) is 0 Å². The summed E-state index contributed by atoms with van der Waals surface area (Å²) in [6.07, 6.45) is 12.4. The van der Waals surface area contributed by atoms with Crippen molar-refractivity contribution in [2.75, 3.05) is 0 Å². The number of ether oxygens (including phenoxy) is 2. The Morgan fingerprint density at radius 1 is 1.14 bits per heavy atom. The van der Waals surface area contributed by atoms with Gasteiger partial charge < -0.3 is 9.47 Å². The standard InChI is InChI=1S/C18H26O4/c1-12(21-14-7-5-3-2-4-6-8-14)22-18(20)16-11-13-9-10-15(16)17(13)19/h9-10,12-16H,2-8,11H2,1H3. The Balaban J connectivity index is 1.47. The summed E-state index contributed by atoms with van der Waals surface area (Å²) in [7, 11) is 0. The molecular formula is C18H26O4. The average molecular weight is 306 g/mol. The first kappa shape index (κ1) is 15.7. The van der Waals surface area contributed by atoms with E-state index in [1.165, 1.54) is 32.1 Å². The van der Waals surface area contributed by atoms with Crippen LogP contribution in [0.15, 0.2) is 12.2 Å². The maximum absolute atomic E-state index is 12.3. The molecule has 122 valence electrons. The zero-order chi connectivity index (χ0) is 15.5. The number of allylic oxidation sites excluding steroid dienone is 2. The van der Waals surface area contributed by atoms with Gasteiger partial charge >= 0.3 is 5.97 Å². The Labute approximate surface area is 132 Å². The Morgan fingerprint density at radius 3 is 2.41 bits per heavy atom. The molecule has 3 rings (SSSR count). The molecule has 0 aromatic heterocycles. The van der Waals surface area contributed by atoms with Crippen molar-refractivity contribution in [2.45, 2.75) is 70.7 Å². The minimum absolute atomic E-state index is 0.0654. The zero-order valence-electron chi connectivity index (χ0n) is 13.3. The second-order valence-electron chi connectivity index (χ2n) is 6.87. The van der Waals surface area contributed by atoms with Gasteiger partial charge in [0.05, 0.1) is 12.0 Å². The third-order valence-corrected chi connectivity index (χ3v) is 5.21. The second-order valence-corrected chi connectivity index (χ2v) is 6.87. The van der Waals surface area contributed by atoms with Gasteiger partial charge in [0.2, 0.25) is 0 Å². The Morgan fingerprint density at radius 2 is 1.82 bits per heavy atom. The quantitative estimate of drug-likeness (QED) is 0.454. The number of carbonyl (C=O) groups excluding carboxylic acids is 2. The van der Waals surface area contributed by atoms with Crippen LogP contribution in [0.4, 0.5) is 0 Å². The summed E-state index contributed by atoms with van der Waals surface area (Å²) in [5.74, 6) is -0.722. The molecule has 0 spiro atoms. The van der Waals surface area contributed by atoms with E-state index in [-0.39, 0.29) is 35.6 Å². The van der Waals surface area contributed by atoms with Crippen molar-refractivity contribution in [1.82, 2.24) is 0 Å². The van der Waals surface area contributed by atoms with Gasteiger partial charge in [0, 0.05) is 11.8 Å². The van der Waals surface area contributed by atoms with Crippen LogP contribution in [0.5, 0.6) is 0 Å². The average Bonchev–Trinajstić information content (AvgIpc) is 2.97. The molecule has 4 atom stereocenters. The highest BCUT2D eigenvalue weighted by atomic mass is 16.7. The van der Waals surface area contributed by atoms with Crippen LogP contribution in [0, 0.1) is 17.8 Å². The van der Waals surface area contributed by atoms with Crippen LogP contribution in [0.3, 0.4) is 0 Å². The third kappa shape index (κ3) is 3.43. The Hall–Kier alpha value is -1.16. The highest BCUT2D eigenvalue weighted by molar-refractivity contribution is 5.96. The molecule has 0 radical (unpaired) electrons. The Bertz CT molecular complexity index is 448. The summed E-state index contributed by atoms with van der Waals surface area (Å²) in [6, 6.07) is 0. The topological polar surface area (TPSA) is 52.6 Å². The molecule has 3 aliphatic rings. The number of Topliss-reactive ketones (excluding diaryl/α,β-unsaturated/α-hetero) is 1. The molecular weight excluding hydrogens is 280 g/mol. The highest BCUT2D eigenvalue weighted by Crippen LogP contribution is 2.41. The molecule has 0 aromatic carbocycles. The van der Waals surface area contributed by atoms with Crippen molar-refractivity contribution in [1.29, 1.82) is 0 Å². The minimum Gasteiger partial charge on any atom is -0.436 e. The zero-order valence-corrected chi connectivity index (χ0v) is 13.3. The van der Waals surface area contributed by atoms with Gasteiger partial charge in [-0.05, 0) is 26.2 Å². The van der Waals surface area contributed by atoms with E-state index in [1.807, 2.05) is 12.2 Å². The van der Waals surface area contributed by atoms with E-state index < -0.39 is 6.29 Å². The van der Waals surface area contributed by atoms with Gasteiger partial charge in [-0.25, -0.2) is 0 Å². The number of ketones is 1. The normalized spacial score (nSPS) is 33.5. The number of esters is 1. The lowest BCUT2D eigenvalue weighted by molar-refractivity contribution is -0.191. The largest absolute Gasteiger partial charge is 0.436 e. The molecule has 0 heterocycles. The van der Waals surface area contributed by atoms with E-state index in [0.717, 1.165) is 12.8 Å². The molecule has 4 nitrogen and oxygen atoms in total. The van der Waals surface area contributed by atoms with Gasteiger partial charge in [-0.15, -0.1) is 0 Å². The first-order valence-electron chi connectivity index (χ1n) is 8.73. The molecule has 3 aliphatic carbocycles. The second kappa shape index (κ2) is 6.95. The number of hydrogen-bond acceptors (Lipinski definition) is 4. The minimum atomic E-state index is -0.518. The van der Waals surface area contributed by atoms with E-state index in [4.69, 9.17) is 9.47 Å². The fourth-order valence-electron chi connectivity index (χ4n) is 3.99. The fraction of sp³-hybridized carbons (Fsp3) is 0.778. The lowest BCUT2D eigenvalue weighted by Gasteiger charge is -2.25. The number of rotatable bonds is 4. The summed E-state index contributed by atoms with van der Waals surface area (Å²) < 4.78 is 11.4. The molecule has 0 aromatic rings. The van der Waals surface area contributed by atoms with Gasteiger partial charge in [-0.1, -0.05) is 44.3 Å². The maximum atomic E-state index is 12.3. The maximum Gasteiger partial charge on any atom is 0.312 e. The number of fused-ring (bicyclic) bond motifs is 2. The summed E-state index contributed by atoms with van der Waals surface area (Å²) in [6.45, 7) is 1.79. The molecule has 2 saturated carbocycles. The molecule has 0 saturated heterocycles. The van der Waals surface area contributed by atoms with Crippen molar-refractivity contribution >= 4 is 11.8 Å². The lowest BCUT2D eigenvalue weighted by atomic mass is 9.94. The molecule has 0 N–H and O–H groups in total. The van der Waals surface area contributed by atoms with E-state index in [9.17, 15) is 9.59 Å². The van der Waals surface area contributed by atoms with Crippen molar-refractivity contribution in [2.24, 2.45) is 17.8 Å². The Kier molecular flexibility index (Phi) is 4.97. The monoisotopic (exact) mass is 306 g/mol. The van der Waals surface area contributed by atoms with E-state index in [0.29, 0.717) is 6.42 Å². The van der Waals surface area contributed by atoms with Gasteiger partial charge in [-0.2, -0.15) is 0 Å². The lowest BCUT2D eigenvalue weighted by Crippen LogP contribution is -2.30. The van der Waals surface area contributed by atoms with E-state index in [2.05, 4.69) is 0 Å². The SMILES string of the molecule is CC(OC(=O)C1CC2C=CC1C2=O)OC1CCCCCCC1. The number of hydrogen-bond donors (Lipinski definition) is 0. The molecule has 0 aliphatic heterocycles. The molecule has 4 unspecified atom stereocenters. The van der Waals surface area contributed by atoms with Crippen LogP contribution in [-0.2, 0) is 19.1 Å². The summed E-state index contributed by atoms with van der Waals surface area (Å²) in [4.78, 5) is 24.1. The molecule has 2 fully saturated rings. The fourth-order valence-corrected chi connectivity index (χ4v) is 3.99. The summed E-state index contributed by atoms with van der Waals surface area (Å²) in [5, 5.41) is 0. The molecule has 0 amide bonds. The van der Waals surface area contributed by atoms with Gasteiger partial charge in [0.15, 0.2) is 6.29 Å². The first-order chi connectivity index (χ1) is 10.6. The van der Waals surface area contributed by atoms with Crippen LogP contribution in [0.25, 0.3) is 0 Å². The molecule has 4 heteroatoms.